The van der Waals surface area contributed by atoms with Crippen LogP contribution < -0.4 is 5.32 Å². The van der Waals surface area contributed by atoms with E-state index in [4.69, 9.17) is 5.10 Å². The van der Waals surface area contributed by atoms with Gasteiger partial charge in [0.2, 0.25) is 0 Å². The van der Waals surface area contributed by atoms with E-state index in [0.717, 1.165) is 33.8 Å². The quantitative estimate of drug-likeness (QED) is 0.515. The van der Waals surface area contributed by atoms with Gasteiger partial charge in [0, 0.05) is 13.2 Å². The second-order valence-electron chi connectivity index (χ2n) is 7.73. The molecule has 0 aliphatic heterocycles. The van der Waals surface area contributed by atoms with E-state index in [1.165, 1.54) is 0 Å². The van der Waals surface area contributed by atoms with Gasteiger partial charge in [0.05, 0.1) is 17.4 Å². The number of nitrogens with zero attached hydrogens (tertiary/aromatic N) is 3. The Labute approximate surface area is 177 Å². The van der Waals surface area contributed by atoms with E-state index < -0.39 is 0 Å². The van der Waals surface area contributed by atoms with Crippen LogP contribution >= 0.6 is 0 Å². The van der Waals surface area contributed by atoms with Crippen LogP contribution in [0.25, 0.3) is 17.1 Å². The van der Waals surface area contributed by atoms with Gasteiger partial charge in [-0.05, 0) is 61.7 Å². The molecule has 0 saturated carbocycles. The fourth-order valence-electron chi connectivity index (χ4n) is 3.62. The van der Waals surface area contributed by atoms with Gasteiger partial charge in [-0.25, -0.2) is 4.68 Å². The summed E-state index contributed by atoms with van der Waals surface area (Å²) < 4.78 is 3.77. The van der Waals surface area contributed by atoms with Crippen molar-refractivity contribution in [2.45, 2.75) is 26.8 Å². The minimum atomic E-state index is -0.153. The Kier molecular flexibility index (Phi) is 5.27. The lowest BCUT2D eigenvalue weighted by Gasteiger charge is -2.16. The molecule has 30 heavy (non-hydrogen) atoms. The Morgan fingerprint density at radius 3 is 2.47 bits per heavy atom. The van der Waals surface area contributed by atoms with Gasteiger partial charge in [0.15, 0.2) is 0 Å². The van der Waals surface area contributed by atoms with Gasteiger partial charge in [-0.15, -0.1) is 0 Å². The van der Waals surface area contributed by atoms with E-state index in [9.17, 15) is 4.79 Å². The topological polar surface area (TPSA) is 51.9 Å². The summed E-state index contributed by atoms with van der Waals surface area (Å²) in [5.74, 6) is -0.153. The van der Waals surface area contributed by atoms with E-state index in [1.54, 1.807) is 4.68 Å². The van der Waals surface area contributed by atoms with Crippen molar-refractivity contribution >= 4 is 5.91 Å². The van der Waals surface area contributed by atoms with Gasteiger partial charge in [-0.2, -0.15) is 5.10 Å². The third-order valence-corrected chi connectivity index (χ3v) is 5.39. The molecule has 0 aliphatic rings. The number of rotatable bonds is 5. The summed E-state index contributed by atoms with van der Waals surface area (Å²) in [6.45, 7) is 6.07. The van der Waals surface area contributed by atoms with E-state index in [2.05, 4.69) is 23.5 Å². The number of hydrogen-bond acceptors (Lipinski definition) is 2. The van der Waals surface area contributed by atoms with Gasteiger partial charge < -0.3 is 9.88 Å². The van der Waals surface area contributed by atoms with Crippen molar-refractivity contribution in [3.05, 3.63) is 95.3 Å². The Morgan fingerprint density at radius 2 is 1.77 bits per heavy atom. The van der Waals surface area contributed by atoms with Crippen LogP contribution in [0, 0.1) is 13.8 Å². The summed E-state index contributed by atoms with van der Waals surface area (Å²) in [7, 11) is 1.98. The molecule has 1 atom stereocenters. The van der Waals surface area contributed by atoms with Crippen molar-refractivity contribution in [3.63, 3.8) is 0 Å². The van der Waals surface area contributed by atoms with Gasteiger partial charge in [0.1, 0.15) is 11.4 Å². The first-order chi connectivity index (χ1) is 14.4. The van der Waals surface area contributed by atoms with Crippen LogP contribution in [0.3, 0.4) is 0 Å². The molecular weight excluding hydrogens is 372 g/mol. The van der Waals surface area contributed by atoms with Crippen LogP contribution in [0.4, 0.5) is 0 Å². The van der Waals surface area contributed by atoms with Crippen molar-refractivity contribution in [2.75, 3.05) is 0 Å². The first-order valence-electron chi connectivity index (χ1n) is 10.1. The van der Waals surface area contributed by atoms with Crippen LogP contribution in [-0.2, 0) is 7.05 Å². The van der Waals surface area contributed by atoms with E-state index >= 15 is 0 Å². The number of aromatic nitrogens is 3. The third kappa shape index (κ3) is 3.79. The molecule has 0 fully saturated rings. The molecule has 0 radical (unpaired) electrons. The minimum absolute atomic E-state index is 0.112. The molecule has 0 spiro atoms. The average Bonchev–Trinajstić information content (AvgIpc) is 3.36. The molecule has 1 N–H and O–H groups in total. The highest BCUT2D eigenvalue weighted by Crippen LogP contribution is 2.25. The minimum Gasteiger partial charge on any atom is -0.349 e. The molecule has 2 heterocycles. The number of benzene rings is 2. The lowest BCUT2D eigenvalue weighted by molar-refractivity contribution is 0.0932. The predicted molar refractivity (Wildman–Crippen MR) is 120 cm³/mol. The van der Waals surface area contributed by atoms with E-state index in [1.807, 2.05) is 87.1 Å². The summed E-state index contributed by atoms with van der Waals surface area (Å²) in [5.41, 5.74) is 6.40. The van der Waals surface area contributed by atoms with Crippen LogP contribution in [0.1, 0.15) is 40.1 Å². The highest BCUT2D eigenvalue weighted by molar-refractivity contribution is 5.94. The largest absolute Gasteiger partial charge is 0.349 e. The molecule has 2 aromatic heterocycles. The molecule has 2 aromatic carbocycles. The number of carbonyl (C=O) groups is 1. The van der Waals surface area contributed by atoms with Gasteiger partial charge in [-0.1, -0.05) is 42.5 Å². The van der Waals surface area contributed by atoms with Crippen LogP contribution in [0.2, 0.25) is 0 Å². The number of amides is 1. The fourth-order valence-corrected chi connectivity index (χ4v) is 3.62. The number of nitrogens with one attached hydrogen (secondary N) is 1. The number of aryl methyl sites for hydroxylation is 3. The molecule has 4 aromatic rings. The van der Waals surface area contributed by atoms with Crippen molar-refractivity contribution in [1.29, 1.82) is 0 Å². The molecule has 152 valence electrons. The highest BCUT2D eigenvalue weighted by atomic mass is 16.2. The first-order valence-corrected chi connectivity index (χ1v) is 10.1. The molecule has 4 rings (SSSR count). The summed E-state index contributed by atoms with van der Waals surface area (Å²) in [6.07, 6.45) is 1.98. The Balaban J connectivity index is 1.77. The van der Waals surface area contributed by atoms with Crippen molar-refractivity contribution in [1.82, 2.24) is 19.7 Å². The van der Waals surface area contributed by atoms with Crippen molar-refractivity contribution in [3.8, 4) is 17.1 Å². The van der Waals surface area contributed by atoms with Gasteiger partial charge >= 0.3 is 0 Å². The summed E-state index contributed by atoms with van der Waals surface area (Å²) in [5, 5.41) is 7.95. The molecular formula is C25H26N4O. The van der Waals surface area contributed by atoms with Crippen LogP contribution in [-0.4, -0.2) is 20.3 Å². The summed E-state index contributed by atoms with van der Waals surface area (Å²) >= 11 is 0. The smallest absolute Gasteiger partial charge is 0.270 e. The second-order valence-corrected chi connectivity index (χ2v) is 7.73. The Hall–Kier alpha value is -3.60. The third-order valence-electron chi connectivity index (χ3n) is 5.39. The zero-order valence-electron chi connectivity index (χ0n) is 17.8. The maximum absolute atomic E-state index is 13.3. The fraction of sp³-hybridized carbons (Fsp3) is 0.200. The number of carbonyl (C=O) groups excluding carboxylic acids is 1. The molecule has 0 bridgehead atoms. The zero-order chi connectivity index (χ0) is 21.3. The molecule has 1 amide bonds. The maximum atomic E-state index is 13.3. The summed E-state index contributed by atoms with van der Waals surface area (Å²) in [6, 6.07) is 21.9. The first kappa shape index (κ1) is 19.7. The molecule has 5 nitrogen and oxygen atoms in total. The van der Waals surface area contributed by atoms with Crippen molar-refractivity contribution in [2.24, 2.45) is 7.05 Å². The Bertz CT molecular complexity index is 1190. The lowest BCUT2D eigenvalue weighted by atomic mass is 10.1. The summed E-state index contributed by atoms with van der Waals surface area (Å²) in [4.78, 5) is 13.3. The maximum Gasteiger partial charge on any atom is 0.270 e. The lowest BCUT2D eigenvalue weighted by Crippen LogP contribution is -2.28. The predicted octanol–water partition coefficient (Wildman–Crippen LogP) is 4.99. The van der Waals surface area contributed by atoms with E-state index in [0.29, 0.717) is 5.69 Å². The highest BCUT2D eigenvalue weighted by Gasteiger charge is 2.21. The van der Waals surface area contributed by atoms with Crippen molar-refractivity contribution < 1.29 is 4.79 Å². The van der Waals surface area contributed by atoms with Gasteiger partial charge in [-0.3, -0.25) is 4.79 Å². The van der Waals surface area contributed by atoms with Crippen LogP contribution in [0.5, 0.6) is 0 Å². The monoisotopic (exact) mass is 398 g/mol. The van der Waals surface area contributed by atoms with E-state index in [-0.39, 0.29) is 11.9 Å². The zero-order valence-corrected chi connectivity index (χ0v) is 17.8. The van der Waals surface area contributed by atoms with Crippen LogP contribution in [0.15, 0.2) is 72.9 Å². The molecule has 0 unspecified atom stereocenters. The normalized spacial score (nSPS) is 12.0. The van der Waals surface area contributed by atoms with Gasteiger partial charge in [0.25, 0.3) is 5.91 Å². The number of hydrogen-bond donors (Lipinski definition) is 1. The standard InChI is InChI=1S/C25H26N4O/c1-17-12-13-18(2)23(15-17)29-24(16-21(27-29)22-11-8-14-28(22)4)25(30)26-19(3)20-9-6-5-7-10-20/h5-16,19H,1-4H3,(H,26,30)/t19-/m0/s1. The SMILES string of the molecule is Cc1ccc(C)c(-n2nc(-c3cccn3C)cc2C(=O)N[C@@H](C)c2ccccc2)c1. The molecule has 0 aliphatic carbocycles. The average molecular weight is 399 g/mol. The molecule has 0 saturated heterocycles. The Morgan fingerprint density at radius 1 is 1.00 bits per heavy atom. The second kappa shape index (κ2) is 8.03. The molecule has 5 heteroatoms.